The number of sulfonamides is 1. The minimum Gasteiger partial charge on any atom is -0.283 e. The quantitative estimate of drug-likeness (QED) is 0.938. The van der Waals surface area contributed by atoms with Gasteiger partial charge in [0.15, 0.2) is 0 Å². The third kappa shape index (κ3) is 3.20. The summed E-state index contributed by atoms with van der Waals surface area (Å²) in [6.45, 7) is 0.941. The number of benzene rings is 1. The van der Waals surface area contributed by atoms with E-state index in [1.54, 1.807) is 6.20 Å². The maximum atomic E-state index is 13.3. The molecule has 0 aliphatic carbocycles. The fourth-order valence-corrected chi connectivity index (χ4v) is 4.48. The molecule has 1 aromatic heterocycles. The Kier molecular flexibility index (Phi) is 4.26. The number of piperidine rings is 1. The molecule has 0 saturated carbocycles. The van der Waals surface area contributed by atoms with Crippen molar-refractivity contribution in [2.45, 2.75) is 24.2 Å². The molecule has 1 aromatic carbocycles. The second kappa shape index (κ2) is 6.18. The SMILES string of the molecule is O=S(=O)(c1cccc(F)c1)N1CCCC(Cc2ccn[nH]2)C1. The lowest BCUT2D eigenvalue weighted by Crippen LogP contribution is -2.40. The summed E-state index contributed by atoms with van der Waals surface area (Å²) >= 11 is 0. The van der Waals surface area contributed by atoms with Gasteiger partial charge in [-0.1, -0.05) is 6.07 Å². The van der Waals surface area contributed by atoms with Crippen molar-refractivity contribution in [3.63, 3.8) is 0 Å². The Hall–Kier alpha value is -1.73. The molecule has 7 heteroatoms. The van der Waals surface area contributed by atoms with Crippen LogP contribution in [-0.2, 0) is 16.4 Å². The van der Waals surface area contributed by atoms with Crippen molar-refractivity contribution in [3.8, 4) is 0 Å². The predicted octanol–water partition coefficient (Wildman–Crippen LogP) is 2.19. The van der Waals surface area contributed by atoms with E-state index in [4.69, 9.17) is 0 Å². The molecule has 1 unspecified atom stereocenters. The summed E-state index contributed by atoms with van der Waals surface area (Å²) in [7, 11) is -3.63. The van der Waals surface area contributed by atoms with Crippen molar-refractivity contribution in [2.24, 2.45) is 5.92 Å². The summed E-state index contributed by atoms with van der Waals surface area (Å²) < 4.78 is 40.0. The summed E-state index contributed by atoms with van der Waals surface area (Å²) in [5, 5.41) is 6.82. The summed E-state index contributed by atoms with van der Waals surface area (Å²) in [4.78, 5) is 0.0229. The molecule has 1 aliphatic rings. The first-order chi connectivity index (χ1) is 10.6. The Morgan fingerprint density at radius 2 is 2.23 bits per heavy atom. The van der Waals surface area contributed by atoms with Gasteiger partial charge in [-0.3, -0.25) is 5.10 Å². The minimum atomic E-state index is -3.63. The highest BCUT2D eigenvalue weighted by Gasteiger charge is 2.30. The first-order valence-electron chi connectivity index (χ1n) is 7.29. The number of hydrogen-bond acceptors (Lipinski definition) is 3. The van der Waals surface area contributed by atoms with Gasteiger partial charge in [-0.15, -0.1) is 0 Å². The fourth-order valence-electron chi connectivity index (χ4n) is 2.90. The van der Waals surface area contributed by atoms with Crippen LogP contribution in [0.3, 0.4) is 0 Å². The van der Waals surface area contributed by atoms with E-state index in [9.17, 15) is 12.8 Å². The van der Waals surface area contributed by atoms with Gasteiger partial charge in [-0.2, -0.15) is 9.40 Å². The third-order valence-electron chi connectivity index (χ3n) is 3.98. The molecule has 0 amide bonds. The van der Waals surface area contributed by atoms with E-state index < -0.39 is 15.8 Å². The zero-order valence-corrected chi connectivity index (χ0v) is 12.9. The van der Waals surface area contributed by atoms with E-state index >= 15 is 0 Å². The number of hydrogen-bond donors (Lipinski definition) is 1. The van der Waals surface area contributed by atoms with Crippen LogP contribution in [0.1, 0.15) is 18.5 Å². The maximum Gasteiger partial charge on any atom is 0.243 e. The molecule has 2 heterocycles. The van der Waals surface area contributed by atoms with Gasteiger partial charge >= 0.3 is 0 Å². The van der Waals surface area contributed by atoms with Crippen molar-refractivity contribution in [1.29, 1.82) is 0 Å². The highest BCUT2D eigenvalue weighted by Crippen LogP contribution is 2.25. The normalized spacial score (nSPS) is 20.1. The fraction of sp³-hybridized carbons (Fsp3) is 0.400. The molecule has 0 spiro atoms. The molecule has 1 aliphatic heterocycles. The average Bonchev–Trinajstić information content (AvgIpc) is 3.00. The van der Waals surface area contributed by atoms with Crippen LogP contribution in [0.5, 0.6) is 0 Å². The molecule has 0 radical (unpaired) electrons. The number of aromatic nitrogens is 2. The maximum absolute atomic E-state index is 13.3. The molecule has 1 atom stereocenters. The lowest BCUT2D eigenvalue weighted by atomic mass is 9.95. The van der Waals surface area contributed by atoms with Gasteiger partial charge in [-0.05, 0) is 49.4 Å². The van der Waals surface area contributed by atoms with Crippen molar-refractivity contribution in [2.75, 3.05) is 13.1 Å². The van der Waals surface area contributed by atoms with Gasteiger partial charge in [0.05, 0.1) is 4.90 Å². The Bertz CT molecular complexity index is 731. The lowest BCUT2D eigenvalue weighted by molar-refractivity contribution is 0.264. The average molecular weight is 323 g/mol. The van der Waals surface area contributed by atoms with Gasteiger partial charge in [0.2, 0.25) is 10.0 Å². The molecule has 22 heavy (non-hydrogen) atoms. The molecule has 1 saturated heterocycles. The van der Waals surface area contributed by atoms with E-state index in [-0.39, 0.29) is 10.8 Å². The second-order valence-corrected chi connectivity index (χ2v) is 7.55. The number of H-pyrrole nitrogens is 1. The number of nitrogens with one attached hydrogen (secondary N) is 1. The standard InChI is InChI=1S/C15H18FN3O2S/c16-13-4-1-5-15(10-13)22(20,21)19-8-2-3-12(11-19)9-14-6-7-17-18-14/h1,4-7,10,12H,2-3,8-9,11H2,(H,17,18). The number of halogens is 1. The van der Waals surface area contributed by atoms with Crippen LogP contribution in [0.2, 0.25) is 0 Å². The monoisotopic (exact) mass is 323 g/mol. The smallest absolute Gasteiger partial charge is 0.243 e. The molecule has 1 fully saturated rings. The highest BCUT2D eigenvalue weighted by atomic mass is 32.2. The number of rotatable bonds is 4. The van der Waals surface area contributed by atoms with Gasteiger partial charge in [0, 0.05) is 25.0 Å². The predicted molar refractivity (Wildman–Crippen MR) is 80.2 cm³/mol. The Labute approximate surface area is 129 Å². The Balaban J connectivity index is 1.76. The van der Waals surface area contributed by atoms with E-state index in [1.807, 2.05) is 6.07 Å². The number of aromatic amines is 1. The van der Waals surface area contributed by atoms with E-state index in [0.717, 1.165) is 31.0 Å². The third-order valence-corrected chi connectivity index (χ3v) is 5.84. The Morgan fingerprint density at radius 1 is 1.36 bits per heavy atom. The molecule has 118 valence electrons. The van der Waals surface area contributed by atoms with Crippen molar-refractivity contribution < 1.29 is 12.8 Å². The minimum absolute atomic E-state index is 0.0229. The molecule has 1 N–H and O–H groups in total. The van der Waals surface area contributed by atoms with Gasteiger partial charge in [0.25, 0.3) is 0 Å². The summed E-state index contributed by atoms with van der Waals surface area (Å²) in [6.07, 6.45) is 4.26. The van der Waals surface area contributed by atoms with Crippen LogP contribution in [0, 0.1) is 11.7 Å². The van der Waals surface area contributed by atoms with E-state index in [1.165, 1.54) is 22.5 Å². The van der Waals surface area contributed by atoms with Crippen molar-refractivity contribution in [1.82, 2.24) is 14.5 Å². The summed E-state index contributed by atoms with van der Waals surface area (Å²) in [6, 6.07) is 7.09. The Morgan fingerprint density at radius 3 is 2.95 bits per heavy atom. The van der Waals surface area contributed by atoms with Crippen molar-refractivity contribution >= 4 is 10.0 Å². The van der Waals surface area contributed by atoms with Gasteiger partial charge in [-0.25, -0.2) is 12.8 Å². The lowest BCUT2D eigenvalue weighted by Gasteiger charge is -2.31. The summed E-state index contributed by atoms with van der Waals surface area (Å²) in [5.41, 5.74) is 1.01. The molecule has 3 rings (SSSR count). The van der Waals surface area contributed by atoms with E-state index in [0.29, 0.717) is 13.1 Å². The first kappa shape index (κ1) is 15.2. The number of nitrogens with zero attached hydrogens (tertiary/aromatic N) is 2. The van der Waals surface area contributed by atoms with Crippen LogP contribution in [0.15, 0.2) is 41.4 Å². The molecule has 0 bridgehead atoms. The van der Waals surface area contributed by atoms with Crippen LogP contribution >= 0.6 is 0 Å². The highest BCUT2D eigenvalue weighted by molar-refractivity contribution is 7.89. The van der Waals surface area contributed by atoms with Crippen LogP contribution in [0.4, 0.5) is 4.39 Å². The molecule has 2 aromatic rings. The zero-order valence-electron chi connectivity index (χ0n) is 12.1. The van der Waals surface area contributed by atoms with Gasteiger partial charge in [0.1, 0.15) is 5.82 Å². The molecular weight excluding hydrogens is 305 g/mol. The van der Waals surface area contributed by atoms with Gasteiger partial charge < -0.3 is 0 Å². The zero-order chi connectivity index (χ0) is 15.6. The van der Waals surface area contributed by atoms with Crippen molar-refractivity contribution in [3.05, 3.63) is 48.0 Å². The van der Waals surface area contributed by atoms with Crippen LogP contribution < -0.4 is 0 Å². The molecular formula is C15H18FN3O2S. The molecule has 5 nitrogen and oxygen atoms in total. The van der Waals surface area contributed by atoms with Crippen LogP contribution in [0.25, 0.3) is 0 Å². The first-order valence-corrected chi connectivity index (χ1v) is 8.74. The summed E-state index contributed by atoms with van der Waals surface area (Å²) in [5.74, 6) is -0.287. The topological polar surface area (TPSA) is 66.1 Å². The second-order valence-electron chi connectivity index (χ2n) is 5.61. The van der Waals surface area contributed by atoms with Crippen LogP contribution in [-0.4, -0.2) is 36.0 Å². The largest absolute Gasteiger partial charge is 0.283 e. The van der Waals surface area contributed by atoms with E-state index in [2.05, 4.69) is 10.2 Å².